The van der Waals surface area contributed by atoms with Crippen LogP contribution in [-0.2, 0) is 12.8 Å². The number of nitrogens with zero attached hydrogens (tertiary/aromatic N) is 4. The zero-order valence-electron chi connectivity index (χ0n) is 14.4. The lowest BCUT2D eigenvalue weighted by atomic mass is 10.1. The van der Waals surface area contributed by atoms with Crippen LogP contribution in [0.15, 0.2) is 55.0 Å². The van der Waals surface area contributed by atoms with Crippen molar-refractivity contribution >= 4 is 11.0 Å². The van der Waals surface area contributed by atoms with Crippen molar-refractivity contribution in [3.63, 3.8) is 0 Å². The summed E-state index contributed by atoms with van der Waals surface area (Å²) in [4.78, 5) is 16.6. The van der Waals surface area contributed by atoms with Crippen molar-refractivity contribution in [3.05, 3.63) is 77.5 Å². The van der Waals surface area contributed by atoms with Crippen LogP contribution < -0.4 is 0 Å². The van der Waals surface area contributed by atoms with Crippen LogP contribution in [0.25, 0.3) is 22.3 Å². The van der Waals surface area contributed by atoms with E-state index in [2.05, 4.69) is 39.2 Å². The molecule has 126 valence electrons. The minimum Gasteiger partial charge on any atom is -0.345 e. The minimum atomic E-state index is 0.468. The molecule has 4 aromatic rings. The van der Waals surface area contributed by atoms with Crippen molar-refractivity contribution in [1.29, 1.82) is 5.26 Å². The highest BCUT2D eigenvalue weighted by Crippen LogP contribution is 2.29. The number of pyridine rings is 1. The Morgan fingerprint density at radius 3 is 2.73 bits per heavy atom. The molecule has 0 atom stereocenters. The molecule has 3 aromatic heterocycles. The number of nitrogens with one attached hydrogen (secondary N) is 1. The second-order valence-electron chi connectivity index (χ2n) is 6.26. The van der Waals surface area contributed by atoms with Gasteiger partial charge in [-0.2, -0.15) is 5.26 Å². The first-order valence-electron chi connectivity index (χ1n) is 8.48. The largest absolute Gasteiger partial charge is 0.345 e. The summed E-state index contributed by atoms with van der Waals surface area (Å²) in [6, 6.07) is 14.5. The molecule has 1 aromatic carbocycles. The van der Waals surface area contributed by atoms with Gasteiger partial charge in [0.05, 0.1) is 11.3 Å². The fourth-order valence-electron chi connectivity index (χ4n) is 3.03. The van der Waals surface area contributed by atoms with Gasteiger partial charge in [0.1, 0.15) is 17.5 Å². The third-order valence-corrected chi connectivity index (χ3v) is 4.36. The Hall–Kier alpha value is -3.52. The Bertz CT molecular complexity index is 1110. The van der Waals surface area contributed by atoms with Gasteiger partial charge in [-0.15, -0.1) is 0 Å². The molecule has 0 aliphatic heterocycles. The Kier molecular flexibility index (Phi) is 4.16. The summed E-state index contributed by atoms with van der Waals surface area (Å²) < 4.78 is 0. The third kappa shape index (κ3) is 3.05. The molecule has 0 unspecified atom stereocenters. The first-order valence-corrected chi connectivity index (χ1v) is 8.48. The average molecular weight is 339 g/mol. The van der Waals surface area contributed by atoms with Gasteiger partial charge in [0.2, 0.25) is 0 Å². The summed E-state index contributed by atoms with van der Waals surface area (Å²) in [5.41, 5.74) is 5.11. The van der Waals surface area contributed by atoms with E-state index in [0.29, 0.717) is 11.3 Å². The molecular formula is C21H17N5. The molecule has 5 nitrogen and oxygen atoms in total. The molecule has 26 heavy (non-hydrogen) atoms. The summed E-state index contributed by atoms with van der Waals surface area (Å²) in [5.74, 6) is 0.734. The molecule has 0 fully saturated rings. The Morgan fingerprint density at radius 1 is 1.08 bits per heavy atom. The molecule has 1 N–H and O–H groups in total. The zero-order chi connectivity index (χ0) is 17.9. The summed E-state index contributed by atoms with van der Waals surface area (Å²) >= 11 is 0. The lowest BCUT2D eigenvalue weighted by Crippen LogP contribution is -2.01. The van der Waals surface area contributed by atoms with E-state index in [9.17, 15) is 5.26 Å². The predicted molar refractivity (Wildman–Crippen MR) is 100 cm³/mol. The second kappa shape index (κ2) is 6.77. The molecule has 4 rings (SSSR count). The van der Waals surface area contributed by atoms with Crippen LogP contribution in [0.1, 0.15) is 22.5 Å². The molecule has 0 saturated carbocycles. The molecule has 0 bridgehead atoms. The summed E-state index contributed by atoms with van der Waals surface area (Å²) in [7, 11) is 0. The van der Waals surface area contributed by atoms with Gasteiger partial charge >= 0.3 is 0 Å². The Balaban J connectivity index is 1.72. The lowest BCUT2D eigenvalue weighted by Gasteiger charge is -2.06. The normalized spacial score (nSPS) is 10.8. The lowest BCUT2D eigenvalue weighted by molar-refractivity contribution is 0.858. The number of aryl methyl sites for hydroxylation is 3. The maximum absolute atomic E-state index is 9.49. The topological polar surface area (TPSA) is 78.2 Å². The summed E-state index contributed by atoms with van der Waals surface area (Å²) in [6.07, 6.45) is 6.88. The number of hydrogen-bond acceptors (Lipinski definition) is 4. The van der Waals surface area contributed by atoms with Crippen molar-refractivity contribution in [2.75, 3.05) is 0 Å². The van der Waals surface area contributed by atoms with Gasteiger partial charge in [0.15, 0.2) is 0 Å². The van der Waals surface area contributed by atoms with Crippen LogP contribution in [0.4, 0.5) is 0 Å². The standard InChI is InChI=1S/C21H17N5/c1-14-9-17-18(13-25-21(17)24-11-14)20-16(10-22)12-23-19(26-20)8-7-15-5-3-2-4-6-15/h2-6,9,11-13H,7-8H2,1H3,(H,24,25). The van der Waals surface area contributed by atoms with Crippen LogP contribution in [-0.4, -0.2) is 19.9 Å². The van der Waals surface area contributed by atoms with Crippen LogP contribution in [0, 0.1) is 18.3 Å². The second-order valence-corrected chi connectivity index (χ2v) is 6.26. The molecule has 0 aliphatic carbocycles. The highest BCUT2D eigenvalue weighted by molar-refractivity contribution is 5.94. The molecule has 5 heteroatoms. The smallest absolute Gasteiger partial charge is 0.137 e. The van der Waals surface area contributed by atoms with Gasteiger partial charge in [0, 0.05) is 36.0 Å². The molecule has 0 amide bonds. The van der Waals surface area contributed by atoms with E-state index in [4.69, 9.17) is 4.98 Å². The Morgan fingerprint density at radius 2 is 1.92 bits per heavy atom. The van der Waals surface area contributed by atoms with Gasteiger partial charge in [-0.3, -0.25) is 0 Å². The van der Waals surface area contributed by atoms with E-state index in [1.54, 1.807) is 6.20 Å². The van der Waals surface area contributed by atoms with Crippen LogP contribution >= 0.6 is 0 Å². The third-order valence-electron chi connectivity index (χ3n) is 4.36. The number of aromatic nitrogens is 4. The zero-order valence-corrected chi connectivity index (χ0v) is 14.4. The van der Waals surface area contributed by atoms with E-state index in [0.717, 1.165) is 40.8 Å². The van der Waals surface area contributed by atoms with E-state index < -0.39 is 0 Å². The summed E-state index contributed by atoms with van der Waals surface area (Å²) in [5, 5.41) is 10.5. The van der Waals surface area contributed by atoms with Crippen molar-refractivity contribution in [3.8, 4) is 17.3 Å². The van der Waals surface area contributed by atoms with Crippen LogP contribution in [0.3, 0.4) is 0 Å². The highest BCUT2D eigenvalue weighted by atomic mass is 14.9. The highest BCUT2D eigenvalue weighted by Gasteiger charge is 2.14. The number of rotatable bonds is 4. The minimum absolute atomic E-state index is 0.468. The van der Waals surface area contributed by atoms with E-state index in [1.165, 1.54) is 5.56 Å². The van der Waals surface area contributed by atoms with Crippen molar-refractivity contribution in [2.45, 2.75) is 19.8 Å². The maximum Gasteiger partial charge on any atom is 0.137 e. The maximum atomic E-state index is 9.49. The molecule has 0 aliphatic rings. The number of fused-ring (bicyclic) bond motifs is 1. The fourth-order valence-corrected chi connectivity index (χ4v) is 3.03. The van der Waals surface area contributed by atoms with Gasteiger partial charge in [0.25, 0.3) is 0 Å². The fraction of sp³-hybridized carbons (Fsp3) is 0.143. The number of H-pyrrole nitrogens is 1. The van der Waals surface area contributed by atoms with Gasteiger partial charge in [-0.1, -0.05) is 30.3 Å². The molecule has 0 spiro atoms. The van der Waals surface area contributed by atoms with Crippen molar-refractivity contribution in [2.24, 2.45) is 0 Å². The molecule has 0 saturated heterocycles. The number of hydrogen-bond donors (Lipinski definition) is 1. The number of aromatic amines is 1. The average Bonchev–Trinajstić information content (AvgIpc) is 3.10. The van der Waals surface area contributed by atoms with Crippen LogP contribution in [0.2, 0.25) is 0 Å². The van der Waals surface area contributed by atoms with Crippen LogP contribution in [0.5, 0.6) is 0 Å². The van der Waals surface area contributed by atoms with E-state index in [1.807, 2.05) is 37.5 Å². The van der Waals surface area contributed by atoms with Gasteiger partial charge in [-0.25, -0.2) is 15.0 Å². The first kappa shape index (κ1) is 16.0. The monoisotopic (exact) mass is 339 g/mol. The van der Waals surface area contributed by atoms with E-state index in [-0.39, 0.29) is 0 Å². The SMILES string of the molecule is Cc1cnc2[nH]cc(-c3nc(CCc4ccccc4)ncc3C#N)c2c1. The quantitative estimate of drug-likeness (QED) is 0.610. The molecular weight excluding hydrogens is 322 g/mol. The number of benzene rings is 1. The Labute approximate surface area is 151 Å². The first-order chi connectivity index (χ1) is 12.7. The molecule has 0 radical (unpaired) electrons. The van der Waals surface area contributed by atoms with Gasteiger partial charge in [-0.05, 0) is 30.5 Å². The predicted octanol–water partition coefficient (Wildman–Crippen LogP) is 3.99. The number of nitriles is 1. The van der Waals surface area contributed by atoms with Crippen molar-refractivity contribution < 1.29 is 0 Å². The van der Waals surface area contributed by atoms with E-state index >= 15 is 0 Å². The molecule has 3 heterocycles. The summed E-state index contributed by atoms with van der Waals surface area (Å²) in [6.45, 7) is 2.00. The van der Waals surface area contributed by atoms with Crippen molar-refractivity contribution in [1.82, 2.24) is 19.9 Å². The van der Waals surface area contributed by atoms with Gasteiger partial charge < -0.3 is 4.98 Å².